The van der Waals surface area contributed by atoms with Crippen LogP contribution in [0.5, 0.6) is 11.6 Å². The monoisotopic (exact) mass is 305 g/mol. The summed E-state index contributed by atoms with van der Waals surface area (Å²) in [5, 5.41) is 2.85. The number of amides is 1. The fraction of sp³-hybridized carbons (Fsp3) is 0.0556. The van der Waals surface area contributed by atoms with Gasteiger partial charge in [-0.05, 0) is 31.2 Å². The van der Waals surface area contributed by atoms with E-state index < -0.39 is 0 Å². The summed E-state index contributed by atoms with van der Waals surface area (Å²) in [6.07, 6.45) is 4.65. The highest BCUT2D eigenvalue weighted by atomic mass is 16.5. The number of benzene rings is 2. The van der Waals surface area contributed by atoms with Gasteiger partial charge in [-0.2, -0.15) is 0 Å². The van der Waals surface area contributed by atoms with E-state index in [0.717, 1.165) is 5.56 Å². The summed E-state index contributed by atoms with van der Waals surface area (Å²) in [7, 11) is 0. The van der Waals surface area contributed by atoms with Gasteiger partial charge in [0.05, 0.1) is 6.20 Å². The predicted octanol–water partition coefficient (Wildman–Crippen LogP) is 3.83. The number of hydrogen-bond donors (Lipinski definition) is 1. The van der Waals surface area contributed by atoms with Gasteiger partial charge in [-0.25, -0.2) is 4.98 Å². The summed E-state index contributed by atoms with van der Waals surface area (Å²) < 4.78 is 5.60. The van der Waals surface area contributed by atoms with E-state index in [-0.39, 0.29) is 5.91 Å². The van der Waals surface area contributed by atoms with Gasteiger partial charge in [0.2, 0.25) is 5.88 Å². The highest BCUT2D eigenvalue weighted by Gasteiger charge is 2.07. The van der Waals surface area contributed by atoms with E-state index in [2.05, 4.69) is 15.3 Å². The summed E-state index contributed by atoms with van der Waals surface area (Å²) in [5.74, 6) is 0.809. The Morgan fingerprint density at radius 1 is 1.09 bits per heavy atom. The Labute approximate surface area is 134 Å². The van der Waals surface area contributed by atoms with Crippen LogP contribution < -0.4 is 10.1 Å². The number of rotatable bonds is 4. The van der Waals surface area contributed by atoms with Gasteiger partial charge in [0.15, 0.2) is 0 Å². The van der Waals surface area contributed by atoms with E-state index in [1.165, 1.54) is 6.20 Å². The summed E-state index contributed by atoms with van der Waals surface area (Å²) in [5.41, 5.74) is 2.37. The molecular weight excluding hydrogens is 290 g/mol. The van der Waals surface area contributed by atoms with E-state index >= 15 is 0 Å². The zero-order valence-electron chi connectivity index (χ0n) is 12.6. The third-order valence-electron chi connectivity index (χ3n) is 3.17. The van der Waals surface area contributed by atoms with Crippen LogP contribution in [-0.4, -0.2) is 15.9 Å². The minimum Gasteiger partial charge on any atom is -0.437 e. The first-order valence-electron chi connectivity index (χ1n) is 7.13. The second kappa shape index (κ2) is 6.70. The minimum atomic E-state index is -0.165. The third kappa shape index (κ3) is 3.91. The zero-order chi connectivity index (χ0) is 16.1. The van der Waals surface area contributed by atoms with E-state index in [4.69, 9.17) is 4.74 Å². The van der Waals surface area contributed by atoms with Crippen molar-refractivity contribution in [1.82, 2.24) is 9.97 Å². The van der Waals surface area contributed by atoms with Crippen molar-refractivity contribution in [2.45, 2.75) is 6.92 Å². The Morgan fingerprint density at radius 2 is 1.91 bits per heavy atom. The lowest BCUT2D eigenvalue weighted by Crippen LogP contribution is -2.11. The molecular formula is C18H15N3O2. The summed E-state index contributed by atoms with van der Waals surface area (Å²) in [6.45, 7) is 1.98. The van der Waals surface area contributed by atoms with Crippen LogP contribution in [0.1, 0.15) is 15.9 Å². The van der Waals surface area contributed by atoms with Crippen molar-refractivity contribution in [2.24, 2.45) is 0 Å². The summed E-state index contributed by atoms with van der Waals surface area (Å²) in [6, 6.07) is 14.5. The molecule has 0 aliphatic heterocycles. The standard InChI is InChI=1S/C18H15N3O2/c1-13-5-7-14(8-6-13)18(22)21-15-3-2-4-16(11-15)23-17-12-19-9-10-20-17/h2-12H,1H3,(H,21,22). The number of aryl methyl sites for hydroxylation is 1. The molecule has 1 aromatic heterocycles. The largest absolute Gasteiger partial charge is 0.437 e. The first kappa shape index (κ1) is 14.7. The topological polar surface area (TPSA) is 64.1 Å². The Kier molecular flexibility index (Phi) is 4.29. The number of nitrogens with one attached hydrogen (secondary N) is 1. The average molecular weight is 305 g/mol. The molecule has 5 heteroatoms. The fourth-order valence-electron chi connectivity index (χ4n) is 2.00. The SMILES string of the molecule is Cc1ccc(C(=O)Nc2cccc(Oc3cnccn3)c2)cc1. The van der Waals surface area contributed by atoms with E-state index in [9.17, 15) is 4.79 Å². The molecule has 0 saturated heterocycles. The van der Waals surface area contributed by atoms with E-state index in [1.807, 2.05) is 19.1 Å². The van der Waals surface area contributed by atoms with Gasteiger partial charge in [-0.1, -0.05) is 23.8 Å². The van der Waals surface area contributed by atoms with Crippen LogP contribution in [-0.2, 0) is 0 Å². The Bertz CT molecular complexity index is 802. The molecule has 5 nitrogen and oxygen atoms in total. The van der Waals surface area contributed by atoms with Crippen LogP contribution in [0.15, 0.2) is 67.1 Å². The number of anilines is 1. The number of aromatic nitrogens is 2. The molecule has 3 aromatic rings. The molecule has 0 atom stereocenters. The molecule has 3 rings (SSSR count). The van der Waals surface area contributed by atoms with Gasteiger partial charge in [0.25, 0.3) is 5.91 Å². The second-order valence-electron chi connectivity index (χ2n) is 4.99. The summed E-state index contributed by atoms with van der Waals surface area (Å²) in [4.78, 5) is 20.2. The molecule has 0 saturated carbocycles. The fourth-order valence-corrected chi connectivity index (χ4v) is 2.00. The maximum Gasteiger partial charge on any atom is 0.255 e. The smallest absolute Gasteiger partial charge is 0.255 e. The molecule has 23 heavy (non-hydrogen) atoms. The molecule has 0 aliphatic rings. The van der Waals surface area contributed by atoms with E-state index in [1.54, 1.807) is 48.8 Å². The third-order valence-corrected chi connectivity index (χ3v) is 3.17. The van der Waals surface area contributed by atoms with Gasteiger partial charge < -0.3 is 10.1 Å². The maximum absolute atomic E-state index is 12.2. The molecule has 0 unspecified atom stereocenters. The van der Waals surface area contributed by atoms with Crippen LogP contribution in [0.3, 0.4) is 0 Å². The number of ether oxygens (including phenoxy) is 1. The molecule has 0 bridgehead atoms. The van der Waals surface area contributed by atoms with E-state index in [0.29, 0.717) is 22.9 Å². The van der Waals surface area contributed by atoms with Crippen molar-refractivity contribution in [3.8, 4) is 11.6 Å². The summed E-state index contributed by atoms with van der Waals surface area (Å²) >= 11 is 0. The van der Waals surface area contributed by atoms with Gasteiger partial charge in [0, 0.05) is 29.7 Å². The second-order valence-corrected chi connectivity index (χ2v) is 4.99. The van der Waals surface area contributed by atoms with Crippen molar-refractivity contribution >= 4 is 11.6 Å². The quantitative estimate of drug-likeness (QED) is 0.795. The molecule has 1 N–H and O–H groups in total. The van der Waals surface area contributed by atoms with Crippen LogP contribution in [0.4, 0.5) is 5.69 Å². The Hall–Kier alpha value is -3.21. The van der Waals surface area contributed by atoms with Gasteiger partial charge in [0.1, 0.15) is 5.75 Å². The maximum atomic E-state index is 12.2. The van der Waals surface area contributed by atoms with Crippen LogP contribution in [0.2, 0.25) is 0 Å². The van der Waals surface area contributed by atoms with Crippen molar-refractivity contribution in [3.05, 3.63) is 78.2 Å². The average Bonchev–Trinajstić information content (AvgIpc) is 2.57. The van der Waals surface area contributed by atoms with Crippen molar-refractivity contribution < 1.29 is 9.53 Å². The molecule has 114 valence electrons. The number of carbonyl (C=O) groups is 1. The molecule has 0 spiro atoms. The van der Waals surface area contributed by atoms with Crippen LogP contribution >= 0.6 is 0 Å². The minimum absolute atomic E-state index is 0.165. The lowest BCUT2D eigenvalue weighted by molar-refractivity contribution is 0.102. The number of carbonyl (C=O) groups excluding carboxylic acids is 1. The predicted molar refractivity (Wildman–Crippen MR) is 87.7 cm³/mol. The molecule has 2 aromatic carbocycles. The van der Waals surface area contributed by atoms with Gasteiger partial charge >= 0.3 is 0 Å². The van der Waals surface area contributed by atoms with Gasteiger partial charge in [-0.15, -0.1) is 0 Å². The highest BCUT2D eigenvalue weighted by molar-refractivity contribution is 6.04. The molecule has 0 aliphatic carbocycles. The first-order chi connectivity index (χ1) is 11.2. The Balaban J connectivity index is 1.72. The number of hydrogen-bond acceptors (Lipinski definition) is 4. The number of nitrogens with zero attached hydrogens (tertiary/aromatic N) is 2. The lowest BCUT2D eigenvalue weighted by Gasteiger charge is -2.08. The zero-order valence-corrected chi connectivity index (χ0v) is 12.6. The Morgan fingerprint density at radius 3 is 2.65 bits per heavy atom. The van der Waals surface area contributed by atoms with Crippen molar-refractivity contribution in [2.75, 3.05) is 5.32 Å². The molecule has 0 fully saturated rings. The van der Waals surface area contributed by atoms with Crippen molar-refractivity contribution in [3.63, 3.8) is 0 Å². The normalized spacial score (nSPS) is 10.1. The van der Waals surface area contributed by atoms with Crippen molar-refractivity contribution in [1.29, 1.82) is 0 Å². The molecule has 1 heterocycles. The van der Waals surface area contributed by atoms with Crippen LogP contribution in [0.25, 0.3) is 0 Å². The first-order valence-corrected chi connectivity index (χ1v) is 7.13. The van der Waals surface area contributed by atoms with Gasteiger partial charge in [-0.3, -0.25) is 9.78 Å². The lowest BCUT2D eigenvalue weighted by atomic mass is 10.1. The molecule has 1 amide bonds. The highest BCUT2D eigenvalue weighted by Crippen LogP contribution is 2.22. The molecule has 0 radical (unpaired) electrons. The van der Waals surface area contributed by atoms with Crippen LogP contribution in [0, 0.1) is 6.92 Å².